The van der Waals surface area contributed by atoms with Gasteiger partial charge in [0.2, 0.25) is 0 Å². The fourth-order valence-electron chi connectivity index (χ4n) is 0.504. The van der Waals surface area contributed by atoms with Crippen LogP contribution in [0.15, 0.2) is 22.5 Å². The Labute approximate surface area is 86.4 Å². The van der Waals surface area contributed by atoms with Crippen molar-refractivity contribution in [3.63, 3.8) is 0 Å². The van der Waals surface area contributed by atoms with E-state index < -0.39 is 22.3 Å². The average Bonchev–Trinajstić information content (AvgIpc) is 2.36. The van der Waals surface area contributed by atoms with Crippen LogP contribution in [0.1, 0.15) is 20.3 Å². The minimum atomic E-state index is -0.727. The van der Waals surface area contributed by atoms with E-state index >= 15 is 0 Å². The molecule has 0 heterocycles. The van der Waals surface area contributed by atoms with E-state index in [4.69, 9.17) is 0 Å². The molecule has 0 saturated carbocycles. The molecule has 0 bridgehead atoms. The summed E-state index contributed by atoms with van der Waals surface area (Å²) in [6.07, 6.45) is 6.39. The quantitative estimate of drug-likeness (QED) is 0.520. The molecule has 0 aromatic rings. The van der Waals surface area contributed by atoms with Crippen molar-refractivity contribution >= 4 is 0 Å². The monoisotopic (exact) mass is 226 g/mol. The summed E-state index contributed by atoms with van der Waals surface area (Å²) in [5.41, 5.74) is 0. The second-order valence-corrected chi connectivity index (χ2v) is 3.61. The first-order valence-corrected chi connectivity index (χ1v) is 4.78. The molecule has 1 aliphatic rings. The molecule has 1 rings (SSSR count). The molecule has 0 unspecified atom stereocenters. The number of hydrogen-bond donors (Lipinski definition) is 0. The molecule has 0 aromatic carbocycles. The Bertz CT molecular complexity index is 173. The zero-order chi connectivity index (χ0) is 8.69. The molecule has 0 saturated heterocycles. The van der Waals surface area contributed by atoms with Gasteiger partial charge in [0.1, 0.15) is 0 Å². The Morgan fingerprint density at radius 2 is 2.08 bits per heavy atom. The first-order chi connectivity index (χ1) is 5.16. The van der Waals surface area contributed by atoms with Gasteiger partial charge < -0.3 is 17.5 Å². The summed E-state index contributed by atoms with van der Waals surface area (Å²) < 4.78 is 11.2. The van der Waals surface area contributed by atoms with Crippen LogP contribution in [0.4, 0.5) is 0 Å². The fraction of sp³-hybridized carbons (Fsp3) is 0.500. The van der Waals surface area contributed by atoms with E-state index in [0.717, 1.165) is 10.7 Å². The molecule has 0 radical (unpaired) electrons. The van der Waals surface area contributed by atoms with Crippen LogP contribution in [-0.2, 0) is 19.9 Å². The predicted octanol–water partition coefficient (Wildman–Crippen LogP) is -1.98. The minimum absolute atomic E-state index is 0. The molecule has 0 atom stereocenters. The summed E-state index contributed by atoms with van der Waals surface area (Å²) in [5, 5.41) is 9.53. The van der Waals surface area contributed by atoms with Crippen LogP contribution in [-0.4, -0.2) is 6.10 Å². The van der Waals surface area contributed by atoms with E-state index in [1.54, 1.807) is 13.8 Å². The molecule has 12 heavy (non-hydrogen) atoms. The van der Waals surface area contributed by atoms with Crippen LogP contribution >= 0.6 is 0 Å². The number of halogens is 1. The van der Waals surface area contributed by atoms with E-state index in [1.807, 2.05) is 18.2 Å². The van der Waals surface area contributed by atoms with Crippen LogP contribution in [0, 0.1) is 0 Å². The van der Waals surface area contributed by atoms with Gasteiger partial charge in [-0.2, -0.15) is 0 Å². The zero-order valence-electron chi connectivity index (χ0n) is 7.16. The van der Waals surface area contributed by atoms with E-state index in [0.29, 0.717) is 0 Å². The fourth-order valence-corrected chi connectivity index (χ4v) is 1.01. The van der Waals surface area contributed by atoms with Gasteiger partial charge in [-0.05, 0) is 0 Å². The standard InChI is InChI=1S/C5H5.C3H7O.ClH.O.V/c1-2-4-5-3-1;1-3(2)4;;;/h1-3H,4H2;3H,1-2H3;1H;;/q;-1;;;+2/p-1. The van der Waals surface area contributed by atoms with Crippen molar-refractivity contribution < 1.29 is 37.4 Å². The number of allylic oxidation sites excluding steroid dienone is 4. The third-order valence-electron chi connectivity index (χ3n) is 0.869. The Kier molecular flexibility index (Phi) is 11.2. The van der Waals surface area contributed by atoms with E-state index in [2.05, 4.69) is 0 Å². The molecule has 1 aliphatic carbocycles. The molecule has 4 heteroatoms. The summed E-state index contributed by atoms with van der Waals surface area (Å²) in [4.78, 5) is 0. The van der Waals surface area contributed by atoms with Crippen molar-refractivity contribution in [2.24, 2.45) is 0 Å². The van der Waals surface area contributed by atoms with Crippen molar-refractivity contribution in [2.45, 2.75) is 26.4 Å². The Morgan fingerprint density at radius 1 is 1.58 bits per heavy atom. The zero-order valence-corrected chi connectivity index (χ0v) is 9.31. The summed E-state index contributed by atoms with van der Waals surface area (Å²) in [6.45, 7) is 3.22. The molecular weight excluding hydrogens is 214 g/mol. The molecule has 2 nitrogen and oxygen atoms in total. The predicted molar refractivity (Wildman–Crippen MR) is 37.7 cm³/mol. The summed E-state index contributed by atoms with van der Waals surface area (Å²) in [5.74, 6) is 0. The van der Waals surface area contributed by atoms with E-state index in [-0.39, 0.29) is 12.4 Å². The van der Waals surface area contributed by atoms with Gasteiger partial charge in [-0.25, -0.2) is 0 Å². The molecule has 0 aliphatic heterocycles. The number of rotatable bonds is 1. The van der Waals surface area contributed by atoms with Crippen molar-refractivity contribution in [3.05, 3.63) is 22.5 Å². The summed E-state index contributed by atoms with van der Waals surface area (Å²) in [7, 11) is 0. The SMILES string of the molecule is CC(C)[O-].[Cl-].[O]=[V+2][C]1=CC=CC1. The van der Waals surface area contributed by atoms with Crippen LogP contribution in [0.2, 0.25) is 0 Å². The summed E-state index contributed by atoms with van der Waals surface area (Å²) >= 11 is -0.727. The normalized spacial score (nSPS) is 12.5. The van der Waals surface area contributed by atoms with Gasteiger partial charge in [-0.3, -0.25) is 0 Å². The third-order valence-corrected chi connectivity index (χ3v) is 1.75. The molecular formula is C8H12ClO2V. The Hall–Kier alpha value is 0.114. The number of hydrogen-bond acceptors (Lipinski definition) is 2. The third kappa shape index (κ3) is 10.1. The van der Waals surface area contributed by atoms with Gasteiger partial charge >= 0.3 is 48.8 Å². The average molecular weight is 227 g/mol. The molecule has 0 amide bonds. The van der Waals surface area contributed by atoms with Crippen molar-refractivity contribution in [1.82, 2.24) is 0 Å². The molecule has 0 aromatic heterocycles. The second kappa shape index (κ2) is 9.20. The molecule has 0 spiro atoms. The molecule has 0 fully saturated rings. The van der Waals surface area contributed by atoms with Crippen LogP contribution in [0.5, 0.6) is 0 Å². The Morgan fingerprint density at radius 3 is 2.25 bits per heavy atom. The van der Waals surface area contributed by atoms with Crippen LogP contribution in [0.3, 0.4) is 0 Å². The first kappa shape index (κ1) is 14.6. The van der Waals surface area contributed by atoms with Gasteiger partial charge in [-0.1, -0.05) is 13.8 Å². The summed E-state index contributed by atoms with van der Waals surface area (Å²) in [6, 6.07) is 0. The maximum atomic E-state index is 10.1. The van der Waals surface area contributed by atoms with Crippen LogP contribution < -0.4 is 17.5 Å². The van der Waals surface area contributed by atoms with E-state index in [9.17, 15) is 8.78 Å². The second-order valence-electron chi connectivity index (χ2n) is 2.43. The first-order valence-electron chi connectivity index (χ1n) is 3.51. The molecule has 0 N–H and O–H groups in total. The van der Waals surface area contributed by atoms with Crippen molar-refractivity contribution in [3.8, 4) is 0 Å². The van der Waals surface area contributed by atoms with Crippen molar-refractivity contribution in [2.75, 3.05) is 0 Å². The van der Waals surface area contributed by atoms with Gasteiger partial charge in [0.05, 0.1) is 0 Å². The topological polar surface area (TPSA) is 40.1 Å². The van der Waals surface area contributed by atoms with E-state index in [1.165, 1.54) is 0 Å². The van der Waals surface area contributed by atoms with Gasteiger partial charge in [0, 0.05) is 0 Å². The Balaban J connectivity index is 0. The van der Waals surface area contributed by atoms with Crippen LogP contribution in [0.25, 0.3) is 0 Å². The maximum absolute atomic E-state index is 10.1. The van der Waals surface area contributed by atoms with Gasteiger partial charge in [-0.15, -0.1) is 6.10 Å². The van der Waals surface area contributed by atoms with Gasteiger partial charge in [0.25, 0.3) is 0 Å². The van der Waals surface area contributed by atoms with Gasteiger partial charge in [0.15, 0.2) is 0 Å². The molecule has 68 valence electrons. The van der Waals surface area contributed by atoms with Crippen molar-refractivity contribution in [1.29, 1.82) is 0 Å².